The molecule has 1 aliphatic heterocycles. The Morgan fingerprint density at radius 3 is 2.48 bits per heavy atom. The Bertz CT molecular complexity index is 1690. The van der Waals surface area contributed by atoms with Crippen molar-refractivity contribution in [1.29, 1.82) is 0 Å². The second-order valence-electron chi connectivity index (χ2n) is 14.5. The number of fused-ring (bicyclic) bond motifs is 1. The maximum atomic E-state index is 5.77. The number of aryl methyl sites for hydroxylation is 1. The summed E-state index contributed by atoms with van der Waals surface area (Å²) in [6, 6.07) is 20.6. The van der Waals surface area contributed by atoms with Gasteiger partial charge in [0.05, 0.1) is 24.3 Å². The summed E-state index contributed by atoms with van der Waals surface area (Å²) in [5.41, 5.74) is 10.1. The highest BCUT2D eigenvalue weighted by atomic mass is 16.5. The molecule has 1 saturated heterocycles. The predicted octanol–water partition coefficient (Wildman–Crippen LogP) is 10.4. The first-order valence-electron chi connectivity index (χ1n) is 17.4. The van der Waals surface area contributed by atoms with Gasteiger partial charge in [-0.05, 0) is 98.5 Å². The molecule has 4 nitrogen and oxygen atoms in total. The Kier molecular flexibility index (Phi) is 10.3. The van der Waals surface area contributed by atoms with Gasteiger partial charge in [-0.25, -0.2) is 0 Å². The number of rotatable bonds is 14. The summed E-state index contributed by atoms with van der Waals surface area (Å²) in [5.74, 6) is 0.368. The van der Waals surface area contributed by atoms with E-state index in [1.165, 1.54) is 62.8 Å². The zero-order valence-electron chi connectivity index (χ0n) is 29.4. The van der Waals surface area contributed by atoms with Gasteiger partial charge in [-0.2, -0.15) is 0 Å². The summed E-state index contributed by atoms with van der Waals surface area (Å²) < 4.78 is 8.28. The van der Waals surface area contributed by atoms with E-state index in [-0.39, 0.29) is 11.0 Å². The van der Waals surface area contributed by atoms with Crippen molar-refractivity contribution >= 4 is 17.8 Å². The SMILES string of the molecule is C=COCC(C)(C)Cc1c(-c2cccnc2C(C)CC)n(CC)c2ccc(-c3cccc(CC(C)(C=C)N4CCCB4C)c3)cc12. The van der Waals surface area contributed by atoms with Crippen molar-refractivity contribution in [1.82, 2.24) is 14.4 Å². The third kappa shape index (κ3) is 6.76. The zero-order chi connectivity index (χ0) is 33.1. The molecule has 4 aromatic rings. The third-order valence-electron chi connectivity index (χ3n) is 10.4. The van der Waals surface area contributed by atoms with E-state index >= 15 is 0 Å². The van der Waals surface area contributed by atoms with Gasteiger partial charge >= 0.3 is 0 Å². The molecule has 2 aromatic carbocycles. The molecule has 2 atom stereocenters. The molecule has 5 heteroatoms. The molecular weight excluding hydrogens is 561 g/mol. The highest BCUT2D eigenvalue weighted by Gasteiger charge is 2.37. The van der Waals surface area contributed by atoms with Crippen LogP contribution in [0.2, 0.25) is 13.1 Å². The number of nitrogens with zero attached hydrogens (tertiary/aromatic N) is 3. The molecular formula is C41H54BN3O. The van der Waals surface area contributed by atoms with Crippen molar-refractivity contribution in [3.05, 3.63) is 103 Å². The molecule has 2 aromatic heterocycles. The summed E-state index contributed by atoms with van der Waals surface area (Å²) in [6.45, 7) is 27.4. The number of hydrogen-bond donors (Lipinski definition) is 0. The highest BCUT2D eigenvalue weighted by Crippen LogP contribution is 2.42. The molecule has 0 saturated carbocycles. The van der Waals surface area contributed by atoms with Gasteiger partial charge in [-0.1, -0.05) is 83.8 Å². The number of hydrogen-bond acceptors (Lipinski definition) is 3. The molecule has 3 heterocycles. The monoisotopic (exact) mass is 615 g/mol. The van der Waals surface area contributed by atoms with Crippen LogP contribution in [0.5, 0.6) is 0 Å². The van der Waals surface area contributed by atoms with E-state index in [0.717, 1.165) is 32.4 Å². The average molecular weight is 616 g/mol. The molecule has 0 N–H and O–H groups in total. The summed E-state index contributed by atoms with van der Waals surface area (Å²) in [5, 5.41) is 1.31. The van der Waals surface area contributed by atoms with E-state index < -0.39 is 0 Å². The van der Waals surface area contributed by atoms with Crippen LogP contribution in [0.1, 0.15) is 77.1 Å². The maximum absolute atomic E-state index is 5.77. The van der Waals surface area contributed by atoms with Crippen LogP contribution in [0.3, 0.4) is 0 Å². The first-order chi connectivity index (χ1) is 22.1. The van der Waals surface area contributed by atoms with Gasteiger partial charge < -0.3 is 14.1 Å². The van der Waals surface area contributed by atoms with Crippen molar-refractivity contribution in [2.45, 2.75) is 98.4 Å². The number of pyridine rings is 1. The van der Waals surface area contributed by atoms with Crippen molar-refractivity contribution < 1.29 is 4.74 Å². The molecule has 0 bridgehead atoms. The van der Waals surface area contributed by atoms with E-state index in [9.17, 15) is 0 Å². The number of benzene rings is 2. The fourth-order valence-corrected chi connectivity index (χ4v) is 7.69. The average Bonchev–Trinajstić information content (AvgIpc) is 3.63. The number of ether oxygens (including phenoxy) is 1. The van der Waals surface area contributed by atoms with Gasteiger partial charge in [0.2, 0.25) is 6.85 Å². The van der Waals surface area contributed by atoms with Crippen LogP contribution in [0, 0.1) is 5.41 Å². The van der Waals surface area contributed by atoms with Crippen LogP contribution in [-0.4, -0.2) is 39.9 Å². The van der Waals surface area contributed by atoms with E-state index in [1.54, 1.807) is 6.26 Å². The lowest BCUT2D eigenvalue weighted by Gasteiger charge is -2.39. The Morgan fingerprint density at radius 1 is 1.02 bits per heavy atom. The summed E-state index contributed by atoms with van der Waals surface area (Å²) in [7, 11) is 0. The van der Waals surface area contributed by atoms with Gasteiger partial charge in [0.1, 0.15) is 0 Å². The Balaban J connectivity index is 1.65. The Labute approximate surface area is 278 Å². The lowest BCUT2D eigenvalue weighted by Crippen LogP contribution is -2.50. The van der Waals surface area contributed by atoms with E-state index in [4.69, 9.17) is 9.72 Å². The van der Waals surface area contributed by atoms with Gasteiger partial charge in [-0.3, -0.25) is 4.98 Å². The Morgan fingerprint density at radius 2 is 1.80 bits per heavy atom. The molecule has 0 aliphatic carbocycles. The van der Waals surface area contributed by atoms with Crippen LogP contribution < -0.4 is 0 Å². The normalized spacial score (nSPS) is 16.0. The lowest BCUT2D eigenvalue weighted by atomic mass is 9.60. The fraction of sp³-hybridized carbons (Fsp3) is 0.439. The molecule has 0 radical (unpaired) electrons. The van der Waals surface area contributed by atoms with Crippen molar-refractivity contribution in [2.24, 2.45) is 5.41 Å². The summed E-state index contributed by atoms with van der Waals surface area (Å²) in [6.07, 6.45) is 11.1. The second-order valence-corrected chi connectivity index (χ2v) is 14.5. The molecule has 0 spiro atoms. The van der Waals surface area contributed by atoms with Crippen LogP contribution in [0.4, 0.5) is 0 Å². The third-order valence-corrected chi connectivity index (χ3v) is 10.4. The van der Waals surface area contributed by atoms with Gasteiger partial charge in [0.15, 0.2) is 0 Å². The summed E-state index contributed by atoms with van der Waals surface area (Å²) in [4.78, 5) is 7.58. The Hall–Kier alpha value is -3.57. The van der Waals surface area contributed by atoms with Crippen LogP contribution in [0.25, 0.3) is 33.3 Å². The topological polar surface area (TPSA) is 30.3 Å². The van der Waals surface area contributed by atoms with Crippen molar-refractivity contribution in [2.75, 3.05) is 13.2 Å². The molecule has 46 heavy (non-hydrogen) atoms. The van der Waals surface area contributed by atoms with Crippen LogP contribution >= 0.6 is 0 Å². The summed E-state index contributed by atoms with van der Waals surface area (Å²) >= 11 is 0. The fourth-order valence-electron chi connectivity index (χ4n) is 7.69. The zero-order valence-corrected chi connectivity index (χ0v) is 29.4. The predicted molar refractivity (Wildman–Crippen MR) is 199 cm³/mol. The quantitative estimate of drug-likeness (QED) is 0.0803. The highest BCUT2D eigenvalue weighted by molar-refractivity contribution is 6.55. The van der Waals surface area contributed by atoms with Crippen LogP contribution in [0.15, 0.2) is 86.3 Å². The molecule has 242 valence electrons. The minimum Gasteiger partial charge on any atom is -0.501 e. The van der Waals surface area contributed by atoms with E-state index in [1.807, 2.05) is 6.20 Å². The largest absolute Gasteiger partial charge is 0.501 e. The maximum Gasteiger partial charge on any atom is 0.220 e. The van der Waals surface area contributed by atoms with Crippen molar-refractivity contribution in [3.8, 4) is 22.4 Å². The van der Waals surface area contributed by atoms with Gasteiger partial charge in [-0.15, -0.1) is 6.58 Å². The van der Waals surface area contributed by atoms with Crippen LogP contribution in [-0.2, 0) is 24.1 Å². The van der Waals surface area contributed by atoms with E-state index in [0.29, 0.717) is 19.4 Å². The minimum atomic E-state index is -0.0910. The molecule has 1 fully saturated rings. The first-order valence-corrected chi connectivity index (χ1v) is 17.4. The second kappa shape index (κ2) is 14.1. The first kappa shape index (κ1) is 33.8. The van der Waals surface area contributed by atoms with Crippen molar-refractivity contribution in [3.63, 3.8) is 0 Å². The number of aromatic nitrogens is 2. The van der Waals surface area contributed by atoms with E-state index in [2.05, 4.69) is 132 Å². The lowest BCUT2D eigenvalue weighted by molar-refractivity contribution is 0.138. The minimum absolute atomic E-state index is 0.0605. The smallest absolute Gasteiger partial charge is 0.220 e. The van der Waals surface area contributed by atoms with Gasteiger partial charge in [0.25, 0.3) is 0 Å². The molecule has 5 rings (SSSR count). The standard InChI is InChI=1S/C41H54BN3O/c1-10-30(5)38-34(19-15-23-43-38)39-36(28-40(6,7)29-46-13-4)35-26-33(20-21-37(35)44(39)12-3)32-18-14-17-31(25-32)27-41(8,11-2)45-24-16-22-42(45)9/h11,13-15,17-21,23,25-26,30H,2,4,10,12,16,22,24,27-29H2,1,3,5-9H3. The molecule has 2 unspecified atom stereocenters. The van der Waals surface area contributed by atoms with Gasteiger partial charge in [0, 0.05) is 40.2 Å². The molecule has 0 amide bonds. The molecule has 1 aliphatic rings.